The summed E-state index contributed by atoms with van der Waals surface area (Å²) in [7, 11) is 4.01. The van der Waals surface area contributed by atoms with Crippen molar-refractivity contribution in [2.45, 2.75) is 82.1 Å². The number of nitrogens with zero attached hydrogens (tertiary/aromatic N) is 4. The summed E-state index contributed by atoms with van der Waals surface area (Å²) in [4.78, 5) is 39.7. The predicted molar refractivity (Wildman–Crippen MR) is 177 cm³/mol. The third-order valence-corrected chi connectivity index (χ3v) is 9.83. The first-order valence-corrected chi connectivity index (χ1v) is 16.9. The topological polar surface area (TPSA) is 121 Å². The number of oxazole rings is 1. The molecule has 0 unspecified atom stereocenters. The van der Waals surface area contributed by atoms with Gasteiger partial charge in [-0.05, 0) is 99.8 Å². The monoisotopic (exact) mass is 629 g/mol. The number of hydrogen-bond acceptors (Lipinski definition) is 8. The fourth-order valence-electron chi connectivity index (χ4n) is 6.93. The summed E-state index contributed by atoms with van der Waals surface area (Å²) >= 11 is 0. The van der Waals surface area contributed by atoms with Crippen molar-refractivity contribution >= 4 is 23.5 Å². The van der Waals surface area contributed by atoms with E-state index in [2.05, 4.69) is 28.5 Å². The lowest BCUT2D eigenvalue weighted by molar-refractivity contribution is -0.124. The molecule has 3 aliphatic rings. The second-order valence-electron chi connectivity index (χ2n) is 13.4. The molecule has 0 atom stereocenters. The Hall–Kier alpha value is -3.92. The third-order valence-electron chi connectivity index (χ3n) is 9.83. The number of benzene rings is 1. The molecule has 0 bridgehead atoms. The van der Waals surface area contributed by atoms with Crippen LogP contribution in [-0.4, -0.2) is 67.0 Å². The number of nitrogens with one attached hydrogen (secondary N) is 1. The van der Waals surface area contributed by atoms with Gasteiger partial charge in [0.2, 0.25) is 5.91 Å². The van der Waals surface area contributed by atoms with Gasteiger partial charge in [-0.3, -0.25) is 4.79 Å². The minimum absolute atomic E-state index is 0.129. The Balaban J connectivity index is 1.14. The molecule has 3 aliphatic carbocycles. The fourth-order valence-corrected chi connectivity index (χ4v) is 6.93. The molecule has 2 amide bonds. The predicted octanol–water partition coefficient (Wildman–Crippen LogP) is 6.26. The summed E-state index contributed by atoms with van der Waals surface area (Å²) in [6.07, 6.45) is 12.2. The first-order chi connectivity index (χ1) is 22.4. The first kappa shape index (κ1) is 32.0. The van der Waals surface area contributed by atoms with Gasteiger partial charge in [0.25, 0.3) is 0 Å². The molecule has 3 aromatic rings. The Bertz CT molecular complexity index is 1450. The number of pyridine rings is 1. The molecule has 0 spiro atoms. The fraction of sp³-hybridized carbons (Fsp3) is 0.556. The lowest BCUT2D eigenvalue weighted by Gasteiger charge is -2.36. The molecule has 10 nitrogen and oxygen atoms in total. The zero-order valence-electron chi connectivity index (χ0n) is 27.1. The number of aromatic nitrogens is 2. The Labute approximate surface area is 271 Å². The van der Waals surface area contributed by atoms with Crippen LogP contribution in [0.4, 0.5) is 16.3 Å². The van der Waals surface area contributed by atoms with E-state index in [0.29, 0.717) is 50.0 Å². The van der Waals surface area contributed by atoms with Crippen LogP contribution < -0.4 is 15.1 Å². The van der Waals surface area contributed by atoms with Crippen molar-refractivity contribution in [3.8, 4) is 11.3 Å². The zero-order chi connectivity index (χ0) is 32.0. The lowest BCUT2D eigenvalue weighted by atomic mass is 9.78. The Morgan fingerprint density at radius 3 is 2.41 bits per heavy atom. The van der Waals surface area contributed by atoms with Gasteiger partial charge in [0.05, 0.1) is 6.61 Å². The summed E-state index contributed by atoms with van der Waals surface area (Å²) in [6, 6.07) is 12.5. The molecule has 2 heterocycles. The van der Waals surface area contributed by atoms with E-state index in [0.717, 1.165) is 67.2 Å². The van der Waals surface area contributed by atoms with Crippen molar-refractivity contribution in [3.05, 3.63) is 60.3 Å². The molecule has 0 radical (unpaired) electrons. The average Bonchev–Trinajstić information content (AvgIpc) is 3.82. The Kier molecular flexibility index (Phi) is 10.2. The van der Waals surface area contributed by atoms with Gasteiger partial charge in [0.1, 0.15) is 23.9 Å². The SMILES string of the molecule is CN(C)c1ccc([C@H]2CC[C@H](CN(c3cccc(-c4coc(C5CC5)n4)c3)C(=O)[C@H]3CC[C@H](OC(=O)NCCO)CC3)CC2)cn1. The highest BCUT2D eigenvalue weighted by Crippen LogP contribution is 2.41. The van der Waals surface area contributed by atoms with Crippen molar-refractivity contribution in [1.29, 1.82) is 0 Å². The highest BCUT2D eigenvalue weighted by atomic mass is 16.6. The van der Waals surface area contributed by atoms with Crippen LogP contribution in [0.15, 0.2) is 53.3 Å². The third kappa shape index (κ3) is 7.89. The average molecular weight is 630 g/mol. The number of aliphatic hydroxyl groups is 1. The van der Waals surface area contributed by atoms with Crippen LogP contribution in [0.5, 0.6) is 0 Å². The van der Waals surface area contributed by atoms with E-state index >= 15 is 0 Å². The minimum Gasteiger partial charge on any atom is -0.448 e. The van der Waals surface area contributed by atoms with Gasteiger partial charge in [0, 0.05) is 56.5 Å². The number of anilines is 2. The van der Waals surface area contributed by atoms with Crippen molar-refractivity contribution in [2.75, 3.05) is 43.6 Å². The molecule has 3 fully saturated rings. The summed E-state index contributed by atoms with van der Waals surface area (Å²) in [6.45, 7) is 0.714. The molecule has 246 valence electrons. The number of rotatable bonds is 11. The molecule has 6 rings (SSSR count). The number of hydrogen-bond donors (Lipinski definition) is 2. The number of carbonyl (C=O) groups excluding carboxylic acids is 2. The molecule has 2 aromatic heterocycles. The summed E-state index contributed by atoms with van der Waals surface area (Å²) in [5, 5.41) is 11.5. The second-order valence-corrected chi connectivity index (χ2v) is 13.4. The lowest BCUT2D eigenvalue weighted by Crippen LogP contribution is -2.42. The second kappa shape index (κ2) is 14.7. The van der Waals surface area contributed by atoms with Gasteiger partial charge in [-0.2, -0.15) is 0 Å². The van der Waals surface area contributed by atoms with Gasteiger partial charge in [-0.1, -0.05) is 18.2 Å². The van der Waals surface area contributed by atoms with E-state index in [-0.39, 0.29) is 31.1 Å². The van der Waals surface area contributed by atoms with Crippen LogP contribution in [0, 0.1) is 11.8 Å². The molecule has 10 heteroatoms. The van der Waals surface area contributed by atoms with E-state index in [9.17, 15) is 9.59 Å². The van der Waals surface area contributed by atoms with Gasteiger partial charge in [-0.25, -0.2) is 14.8 Å². The van der Waals surface area contributed by atoms with E-state index in [1.54, 1.807) is 6.26 Å². The minimum atomic E-state index is -0.514. The van der Waals surface area contributed by atoms with Gasteiger partial charge in [-0.15, -0.1) is 0 Å². The maximum Gasteiger partial charge on any atom is 0.407 e. The van der Waals surface area contributed by atoms with Crippen molar-refractivity contribution in [3.63, 3.8) is 0 Å². The largest absolute Gasteiger partial charge is 0.448 e. The van der Waals surface area contributed by atoms with Crippen LogP contribution >= 0.6 is 0 Å². The van der Waals surface area contributed by atoms with E-state index in [1.807, 2.05) is 48.3 Å². The molecule has 46 heavy (non-hydrogen) atoms. The Morgan fingerprint density at radius 2 is 1.74 bits per heavy atom. The molecular weight excluding hydrogens is 582 g/mol. The number of alkyl carbamates (subject to hydrolysis) is 1. The maximum absolute atomic E-state index is 14.3. The van der Waals surface area contributed by atoms with Crippen LogP contribution in [0.3, 0.4) is 0 Å². The smallest absolute Gasteiger partial charge is 0.407 e. The van der Waals surface area contributed by atoms with E-state index in [4.69, 9.17) is 19.2 Å². The van der Waals surface area contributed by atoms with Crippen molar-refractivity contribution in [1.82, 2.24) is 15.3 Å². The molecule has 3 saturated carbocycles. The van der Waals surface area contributed by atoms with Gasteiger partial charge < -0.3 is 29.4 Å². The molecule has 1 aromatic carbocycles. The van der Waals surface area contributed by atoms with Gasteiger partial charge in [0.15, 0.2) is 5.89 Å². The number of amides is 2. The standard InChI is InChI=1S/C36H47N5O5/c1-40(2)33-17-14-29(21-38-33)25-8-6-24(7-9-25)22-41(35(43)27-12-15-31(16-13-27)46-36(44)37-18-19-42)30-5-3-4-28(20-30)32-23-45-34(39-32)26-10-11-26/h3-5,14,17,20-21,23-27,31,42H,6-13,15-16,18-19,22H2,1-2H3,(H,37,44)/t24-,25-,27-,31-. The van der Waals surface area contributed by atoms with Crippen molar-refractivity contribution in [2.24, 2.45) is 11.8 Å². The molecular formula is C36H47N5O5. The Morgan fingerprint density at radius 1 is 0.978 bits per heavy atom. The zero-order valence-corrected chi connectivity index (χ0v) is 27.1. The highest BCUT2D eigenvalue weighted by Gasteiger charge is 2.34. The normalized spacial score (nSPS) is 23.0. The van der Waals surface area contributed by atoms with E-state index in [1.165, 1.54) is 5.56 Å². The van der Waals surface area contributed by atoms with Crippen LogP contribution in [0.2, 0.25) is 0 Å². The molecule has 2 N–H and O–H groups in total. The summed E-state index contributed by atoms with van der Waals surface area (Å²) in [5.74, 6) is 3.12. The molecule has 0 saturated heterocycles. The van der Waals surface area contributed by atoms with Gasteiger partial charge >= 0.3 is 6.09 Å². The summed E-state index contributed by atoms with van der Waals surface area (Å²) < 4.78 is 11.3. The van der Waals surface area contributed by atoms with Crippen molar-refractivity contribution < 1.29 is 23.8 Å². The number of ether oxygens (including phenoxy) is 1. The maximum atomic E-state index is 14.3. The highest BCUT2D eigenvalue weighted by molar-refractivity contribution is 5.95. The van der Waals surface area contributed by atoms with Crippen LogP contribution in [-0.2, 0) is 9.53 Å². The first-order valence-electron chi connectivity index (χ1n) is 16.9. The van der Waals surface area contributed by atoms with E-state index < -0.39 is 6.09 Å². The number of carbonyl (C=O) groups is 2. The quantitative estimate of drug-likeness (QED) is 0.255. The van der Waals surface area contributed by atoms with Crippen LogP contribution in [0.25, 0.3) is 11.3 Å². The number of aliphatic hydroxyl groups excluding tert-OH is 1. The molecule has 0 aliphatic heterocycles. The van der Waals surface area contributed by atoms with Crippen LogP contribution in [0.1, 0.15) is 87.5 Å². The summed E-state index contributed by atoms with van der Waals surface area (Å²) in [5.41, 5.74) is 3.95.